The first-order valence-electron chi connectivity index (χ1n) is 6.28. The summed E-state index contributed by atoms with van der Waals surface area (Å²) in [4.78, 5) is 4.11. The highest BCUT2D eigenvalue weighted by molar-refractivity contribution is 9.10. The maximum atomic E-state index is 5.96. The Labute approximate surface area is 111 Å². The quantitative estimate of drug-likeness (QED) is 0.840. The van der Waals surface area contributed by atoms with E-state index in [1.807, 2.05) is 6.07 Å². The number of halogens is 1. The zero-order valence-electron chi connectivity index (χ0n) is 10.2. The van der Waals surface area contributed by atoms with Crippen molar-refractivity contribution in [2.24, 2.45) is 0 Å². The van der Waals surface area contributed by atoms with Crippen molar-refractivity contribution in [3.8, 4) is 5.75 Å². The lowest BCUT2D eigenvalue weighted by molar-refractivity contribution is 0.185. The van der Waals surface area contributed by atoms with Crippen LogP contribution in [0.5, 0.6) is 5.75 Å². The Balaban J connectivity index is 1.86. The second-order valence-corrected chi connectivity index (χ2v) is 5.47. The molecule has 0 amide bonds. The summed E-state index contributed by atoms with van der Waals surface area (Å²) in [5, 5.41) is 3.52. The lowest BCUT2D eigenvalue weighted by Gasteiger charge is -2.19. The second kappa shape index (κ2) is 6.36. The molecule has 1 aromatic rings. The molecule has 1 unspecified atom stereocenters. The molecule has 1 saturated carbocycles. The number of nitrogens with one attached hydrogen (secondary N) is 1. The molecule has 1 atom stereocenters. The van der Waals surface area contributed by atoms with Gasteiger partial charge in [-0.2, -0.15) is 0 Å². The van der Waals surface area contributed by atoms with E-state index in [0.29, 0.717) is 0 Å². The van der Waals surface area contributed by atoms with Crippen LogP contribution in [-0.2, 0) is 0 Å². The van der Waals surface area contributed by atoms with Gasteiger partial charge in [0.05, 0.1) is 6.20 Å². The summed E-state index contributed by atoms with van der Waals surface area (Å²) < 4.78 is 6.92. The molecule has 0 aliphatic heterocycles. The van der Waals surface area contributed by atoms with Crippen LogP contribution in [-0.4, -0.2) is 23.7 Å². The van der Waals surface area contributed by atoms with Gasteiger partial charge in [-0.05, 0) is 41.3 Å². The van der Waals surface area contributed by atoms with Gasteiger partial charge in [-0.15, -0.1) is 0 Å². The molecule has 1 fully saturated rings. The van der Waals surface area contributed by atoms with Gasteiger partial charge in [0.15, 0.2) is 0 Å². The van der Waals surface area contributed by atoms with Gasteiger partial charge in [0.1, 0.15) is 11.9 Å². The Kier molecular flexibility index (Phi) is 4.80. The molecule has 1 aliphatic carbocycles. The van der Waals surface area contributed by atoms with Crippen LogP contribution in [0.4, 0.5) is 0 Å². The van der Waals surface area contributed by atoms with Crippen molar-refractivity contribution in [1.82, 2.24) is 10.3 Å². The van der Waals surface area contributed by atoms with Crippen molar-refractivity contribution >= 4 is 15.9 Å². The molecule has 94 valence electrons. The van der Waals surface area contributed by atoms with Crippen LogP contribution in [0.1, 0.15) is 32.6 Å². The van der Waals surface area contributed by atoms with Crippen molar-refractivity contribution < 1.29 is 4.74 Å². The summed E-state index contributed by atoms with van der Waals surface area (Å²) in [6.45, 7) is 3.12. The topological polar surface area (TPSA) is 34.1 Å². The number of aromatic nitrogens is 1. The van der Waals surface area contributed by atoms with Gasteiger partial charge in [0.2, 0.25) is 0 Å². The molecule has 0 saturated heterocycles. The SMILES string of the molecule is CCCC(CNC1CC1)Oc1cncc(Br)c1. The number of nitrogens with zero attached hydrogens (tertiary/aromatic N) is 1. The van der Waals surface area contributed by atoms with Crippen molar-refractivity contribution in [2.75, 3.05) is 6.54 Å². The molecule has 4 heteroatoms. The first-order valence-corrected chi connectivity index (χ1v) is 7.08. The molecular weight excluding hydrogens is 280 g/mol. The van der Waals surface area contributed by atoms with Crippen LogP contribution in [0.3, 0.4) is 0 Å². The van der Waals surface area contributed by atoms with Crippen molar-refractivity contribution in [1.29, 1.82) is 0 Å². The zero-order valence-corrected chi connectivity index (χ0v) is 11.7. The molecule has 2 rings (SSSR count). The standard InChI is InChI=1S/C13H19BrN2O/c1-2-3-12(9-16-11-4-5-11)17-13-6-10(14)7-15-8-13/h6-8,11-12,16H,2-5,9H2,1H3. The number of hydrogen-bond donors (Lipinski definition) is 1. The Bertz CT molecular complexity index is 355. The van der Waals surface area contributed by atoms with Gasteiger partial charge < -0.3 is 10.1 Å². The summed E-state index contributed by atoms with van der Waals surface area (Å²) in [5.41, 5.74) is 0. The van der Waals surface area contributed by atoms with Crippen LogP contribution in [0.2, 0.25) is 0 Å². The van der Waals surface area contributed by atoms with Gasteiger partial charge >= 0.3 is 0 Å². The molecule has 1 aliphatic rings. The maximum Gasteiger partial charge on any atom is 0.139 e. The second-order valence-electron chi connectivity index (χ2n) is 4.55. The number of pyridine rings is 1. The molecule has 1 N–H and O–H groups in total. The third-order valence-electron chi connectivity index (χ3n) is 2.80. The molecule has 17 heavy (non-hydrogen) atoms. The summed E-state index contributed by atoms with van der Waals surface area (Å²) >= 11 is 3.41. The highest BCUT2D eigenvalue weighted by Gasteiger charge is 2.22. The van der Waals surface area contributed by atoms with E-state index in [4.69, 9.17) is 4.74 Å². The third kappa shape index (κ3) is 4.64. The summed E-state index contributed by atoms with van der Waals surface area (Å²) in [6, 6.07) is 2.70. The van der Waals surface area contributed by atoms with E-state index < -0.39 is 0 Å². The predicted molar refractivity (Wildman–Crippen MR) is 72.3 cm³/mol. The molecule has 0 radical (unpaired) electrons. The van der Waals surface area contributed by atoms with Crippen LogP contribution < -0.4 is 10.1 Å². The molecular formula is C13H19BrN2O. The van der Waals surface area contributed by atoms with Crippen LogP contribution >= 0.6 is 15.9 Å². The van der Waals surface area contributed by atoms with E-state index in [-0.39, 0.29) is 6.10 Å². The van der Waals surface area contributed by atoms with Crippen molar-refractivity contribution in [3.63, 3.8) is 0 Å². The fraction of sp³-hybridized carbons (Fsp3) is 0.615. The van der Waals surface area contributed by atoms with E-state index in [1.54, 1.807) is 12.4 Å². The van der Waals surface area contributed by atoms with Crippen molar-refractivity contribution in [3.05, 3.63) is 22.9 Å². The Hall–Kier alpha value is -0.610. The van der Waals surface area contributed by atoms with E-state index in [2.05, 4.69) is 33.2 Å². The Morgan fingerprint density at radius 2 is 2.35 bits per heavy atom. The molecule has 0 bridgehead atoms. The molecule has 3 nitrogen and oxygen atoms in total. The summed E-state index contributed by atoms with van der Waals surface area (Å²) in [7, 11) is 0. The summed E-state index contributed by atoms with van der Waals surface area (Å²) in [5.74, 6) is 0.843. The average Bonchev–Trinajstić information content (AvgIpc) is 3.10. The van der Waals surface area contributed by atoms with Gasteiger partial charge in [-0.25, -0.2) is 0 Å². The van der Waals surface area contributed by atoms with Gasteiger partial charge in [-0.3, -0.25) is 4.98 Å². The molecule has 0 aromatic carbocycles. The van der Waals surface area contributed by atoms with Gasteiger partial charge in [0.25, 0.3) is 0 Å². The van der Waals surface area contributed by atoms with Gasteiger partial charge in [-0.1, -0.05) is 13.3 Å². The smallest absolute Gasteiger partial charge is 0.139 e. The monoisotopic (exact) mass is 298 g/mol. The average molecular weight is 299 g/mol. The third-order valence-corrected chi connectivity index (χ3v) is 3.24. The number of rotatable bonds is 7. The van der Waals surface area contributed by atoms with Crippen LogP contribution in [0.25, 0.3) is 0 Å². The largest absolute Gasteiger partial charge is 0.487 e. The first-order chi connectivity index (χ1) is 8.28. The molecule has 0 spiro atoms. The predicted octanol–water partition coefficient (Wildman–Crippen LogP) is 3.14. The minimum Gasteiger partial charge on any atom is -0.487 e. The highest BCUT2D eigenvalue weighted by Crippen LogP contribution is 2.21. The van der Waals surface area contributed by atoms with Crippen LogP contribution in [0.15, 0.2) is 22.9 Å². The highest BCUT2D eigenvalue weighted by atomic mass is 79.9. The van der Waals surface area contributed by atoms with E-state index >= 15 is 0 Å². The first kappa shape index (κ1) is 12.8. The minimum atomic E-state index is 0.247. The Morgan fingerprint density at radius 1 is 1.53 bits per heavy atom. The molecule has 1 heterocycles. The molecule has 1 aromatic heterocycles. The zero-order chi connectivity index (χ0) is 12.1. The van der Waals surface area contributed by atoms with Crippen LogP contribution in [0, 0.1) is 0 Å². The normalized spacial score (nSPS) is 16.8. The fourth-order valence-corrected chi connectivity index (χ4v) is 2.10. The lowest BCUT2D eigenvalue weighted by atomic mass is 10.2. The lowest BCUT2D eigenvalue weighted by Crippen LogP contribution is -2.32. The number of hydrogen-bond acceptors (Lipinski definition) is 3. The van der Waals surface area contributed by atoms with E-state index in [9.17, 15) is 0 Å². The number of ether oxygens (including phenoxy) is 1. The maximum absolute atomic E-state index is 5.96. The van der Waals surface area contributed by atoms with E-state index in [1.165, 1.54) is 12.8 Å². The Morgan fingerprint density at radius 3 is 3.00 bits per heavy atom. The summed E-state index contributed by atoms with van der Waals surface area (Å²) in [6.07, 6.45) is 8.63. The van der Waals surface area contributed by atoms with Crippen molar-refractivity contribution in [2.45, 2.75) is 44.8 Å². The van der Waals surface area contributed by atoms with E-state index in [0.717, 1.165) is 35.7 Å². The minimum absolute atomic E-state index is 0.247. The van der Waals surface area contributed by atoms with Gasteiger partial charge in [0, 0.05) is 23.3 Å². The fourth-order valence-electron chi connectivity index (χ4n) is 1.76.